The highest BCUT2D eigenvalue weighted by atomic mass is 16.5. The monoisotopic (exact) mass is 437 g/mol. The summed E-state index contributed by atoms with van der Waals surface area (Å²) in [5.41, 5.74) is 1.85. The van der Waals surface area contributed by atoms with Crippen LogP contribution in [0, 0.1) is 5.92 Å². The smallest absolute Gasteiger partial charge is 0.230 e. The van der Waals surface area contributed by atoms with Gasteiger partial charge in [0.25, 0.3) is 0 Å². The van der Waals surface area contributed by atoms with E-state index in [2.05, 4.69) is 9.97 Å². The number of pyridine rings is 2. The van der Waals surface area contributed by atoms with E-state index >= 15 is 0 Å². The van der Waals surface area contributed by atoms with Gasteiger partial charge in [-0.25, -0.2) is 4.98 Å². The lowest BCUT2D eigenvalue weighted by Gasteiger charge is -2.23. The van der Waals surface area contributed by atoms with E-state index in [9.17, 15) is 4.79 Å². The Labute approximate surface area is 192 Å². The molecule has 2 aromatic carbocycles. The first-order valence-corrected chi connectivity index (χ1v) is 10.9. The minimum absolute atomic E-state index is 0.129. The molecular formula is C27H23N3O3. The van der Waals surface area contributed by atoms with Gasteiger partial charge in [0, 0.05) is 36.3 Å². The average molecular weight is 437 g/mol. The third kappa shape index (κ3) is 5.36. The van der Waals surface area contributed by atoms with Crippen molar-refractivity contribution < 1.29 is 14.3 Å². The molecule has 6 heteroatoms. The third-order valence-electron chi connectivity index (χ3n) is 5.32. The van der Waals surface area contributed by atoms with Gasteiger partial charge in [0.05, 0.1) is 6.54 Å². The molecule has 4 aromatic rings. The van der Waals surface area contributed by atoms with Gasteiger partial charge < -0.3 is 14.4 Å². The predicted octanol–water partition coefficient (Wildman–Crippen LogP) is 6.00. The lowest BCUT2D eigenvalue weighted by Crippen LogP contribution is -2.31. The summed E-state index contributed by atoms with van der Waals surface area (Å²) in [4.78, 5) is 23.1. The van der Waals surface area contributed by atoms with Crippen molar-refractivity contribution >= 4 is 11.6 Å². The minimum Gasteiger partial charge on any atom is -0.457 e. The maximum absolute atomic E-state index is 12.9. The topological polar surface area (TPSA) is 64.6 Å². The van der Waals surface area contributed by atoms with Gasteiger partial charge in [0.2, 0.25) is 11.8 Å². The first-order valence-electron chi connectivity index (χ1n) is 10.9. The third-order valence-corrected chi connectivity index (χ3v) is 5.32. The summed E-state index contributed by atoms with van der Waals surface area (Å²) in [6, 6.07) is 24.4. The second-order valence-corrected chi connectivity index (χ2v) is 7.90. The predicted molar refractivity (Wildman–Crippen MR) is 125 cm³/mol. The van der Waals surface area contributed by atoms with Crippen LogP contribution in [0.5, 0.6) is 23.1 Å². The number of amides is 1. The van der Waals surface area contributed by atoms with Gasteiger partial charge in [-0.05, 0) is 79.1 Å². The van der Waals surface area contributed by atoms with E-state index in [0.29, 0.717) is 29.7 Å². The normalized spacial score (nSPS) is 12.7. The van der Waals surface area contributed by atoms with Crippen LogP contribution in [-0.4, -0.2) is 15.9 Å². The molecule has 0 spiro atoms. The number of carbonyl (C=O) groups excluding carboxylic acids is 1. The van der Waals surface area contributed by atoms with E-state index < -0.39 is 0 Å². The molecule has 1 aliphatic carbocycles. The van der Waals surface area contributed by atoms with Gasteiger partial charge in [-0.15, -0.1) is 0 Å². The fraction of sp³-hybridized carbons (Fsp3) is 0.148. The molecule has 6 nitrogen and oxygen atoms in total. The number of hydrogen-bond acceptors (Lipinski definition) is 5. The molecule has 0 N–H and O–H groups in total. The maximum atomic E-state index is 12.9. The summed E-state index contributed by atoms with van der Waals surface area (Å²) in [6.45, 7) is 0.501. The van der Waals surface area contributed by atoms with E-state index in [1.807, 2.05) is 77.7 Å². The maximum Gasteiger partial charge on any atom is 0.230 e. The highest BCUT2D eigenvalue weighted by Gasteiger charge is 2.34. The molecular weight excluding hydrogens is 414 g/mol. The Bertz CT molecular complexity index is 1190. The van der Waals surface area contributed by atoms with E-state index in [4.69, 9.17) is 9.47 Å². The number of benzene rings is 2. The van der Waals surface area contributed by atoms with Crippen molar-refractivity contribution in [3.8, 4) is 23.1 Å². The Morgan fingerprint density at radius 3 is 2.12 bits per heavy atom. The number of hydrogen-bond donors (Lipinski definition) is 0. The van der Waals surface area contributed by atoms with E-state index in [1.165, 1.54) is 0 Å². The Balaban J connectivity index is 1.26. The second kappa shape index (κ2) is 9.53. The summed E-state index contributed by atoms with van der Waals surface area (Å²) >= 11 is 0. The highest BCUT2D eigenvalue weighted by Crippen LogP contribution is 2.34. The summed E-state index contributed by atoms with van der Waals surface area (Å²) in [6.07, 6.45) is 7.14. The molecule has 0 bridgehead atoms. The molecule has 5 rings (SSSR count). The largest absolute Gasteiger partial charge is 0.457 e. The average Bonchev–Trinajstić information content (AvgIpc) is 3.71. The molecule has 2 aromatic heterocycles. The van der Waals surface area contributed by atoms with Crippen LogP contribution >= 0.6 is 0 Å². The van der Waals surface area contributed by atoms with Crippen molar-refractivity contribution in [1.82, 2.24) is 9.97 Å². The summed E-state index contributed by atoms with van der Waals surface area (Å²) < 4.78 is 11.7. The van der Waals surface area contributed by atoms with E-state index in [-0.39, 0.29) is 11.8 Å². The summed E-state index contributed by atoms with van der Waals surface area (Å²) in [5, 5.41) is 0. The SMILES string of the molecule is O=C(C1CC1)N(Cc1cccnc1)c1ccc(Oc2ccc(Oc3ccccn3)cc2)cc1. The molecule has 33 heavy (non-hydrogen) atoms. The van der Waals surface area contributed by atoms with Crippen molar-refractivity contribution in [2.45, 2.75) is 19.4 Å². The zero-order chi connectivity index (χ0) is 22.5. The number of rotatable bonds is 8. The van der Waals surface area contributed by atoms with Crippen LogP contribution in [-0.2, 0) is 11.3 Å². The van der Waals surface area contributed by atoms with Crippen molar-refractivity contribution in [3.63, 3.8) is 0 Å². The Hall–Kier alpha value is -4.19. The molecule has 0 radical (unpaired) electrons. The zero-order valence-electron chi connectivity index (χ0n) is 18.0. The molecule has 1 saturated carbocycles. The Morgan fingerprint density at radius 1 is 0.818 bits per heavy atom. The molecule has 0 saturated heterocycles. The first-order chi connectivity index (χ1) is 16.2. The van der Waals surface area contributed by atoms with Crippen LogP contribution in [0.2, 0.25) is 0 Å². The van der Waals surface area contributed by atoms with Crippen LogP contribution in [0.15, 0.2) is 97.5 Å². The number of nitrogens with zero attached hydrogens (tertiary/aromatic N) is 3. The van der Waals surface area contributed by atoms with Gasteiger partial charge in [0.1, 0.15) is 17.2 Å². The van der Waals surface area contributed by atoms with Gasteiger partial charge in [0.15, 0.2) is 0 Å². The number of carbonyl (C=O) groups is 1. The molecule has 1 fully saturated rings. The minimum atomic E-state index is 0.129. The molecule has 0 aliphatic heterocycles. The fourth-order valence-electron chi connectivity index (χ4n) is 3.46. The standard InChI is InChI=1S/C27H23N3O3/c31-27(21-6-7-21)30(19-20-4-3-16-28-18-20)22-8-10-23(11-9-22)32-24-12-14-25(15-13-24)33-26-5-1-2-17-29-26/h1-5,8-18,21H,6-7,19H2. The van der Waals surface area contributed by atoms with Crippen LogP contribution < -0.4 is 14.4 Å². The Kier molecular flexibility index (Phi) is 5.97. The highest BCUT2D eigenvalue weighted by molar-refractivity contribution is 5.96. The molecule has 1 aliphatic rings. The van der Waals surface area contributed by atoms with Crippen molar-refractivity contribution in [2.24, 2.45) is 5.92 Å². The summed E-state index contributed by atoms with van der Waals surface area (Å²) in [7, 11) is 0. The zero-order valence-corrected chi connectivity index (χ0v) is 18.0. The van der Waals surface area contributed by atoms with Gasteiger partial charge in [-0.2, -0.15) is 0 Å². The van der Waals surface area contributed by atoms with Crippen LogP contribution in [0.3, 0.4) is 0 Å². The second-order valence-electron chi connectivity index (χ2n) is 7.90. The quantitative estimate of drug-likeness (QED) is 0.338. The lowest BCUT2D eigenvalue weighted by molar-refractivity contribution is -0.119. The van der Waals surface area contributed by atoms with Crippen molar-refractivity contribution in [1.29, 1.82) is 0 Å². The van der Waals surface area contributed by atoms with E-state index in [0.717, 1.165) is 24.1 Å². The molecule has 164 valence electrons. The van der Waals surface area contributed by atoms with Gasteiger partial charge >= 0.3 is 0 Å². The van der Waals surface area contributed by atoms with Crippen LogP contribution in [0.4, 0.5) is 5.69 Å². The van der Waals surface area contributed by atoms with Crippen molar-refractivity contribution in [3.05, 3.63) is 103 Å². The summed E-state index contributed by atoms with van der Waals surface area (Å²) in [5.74, 6) is 2.90. The molecule has 0 atom stereocenters. The van der Waals surface area contributed by atoms with Gasteiger partial charge in [-0.1, -0.05) is 12.1 Å². The number of anilines is 1. The Morgan fingerprint density at radius 2 is 1.52 bits per heavy atom. The molecule has 0 unspecified atom stereocenters. The lowest BCUT2D eigenvalue weighted by atomic mass is 10.2. The fourth-order valence-corrected chi connectivity index (χ4v) is 3.46. The van der Waals surface area contributed by atoms with Crippen molar-refractivity contribution in [2.75, 3.05) is 4.90 Å². The number of ether oxygens (including phenoxy) is 2. The van der Waals surface area contributed by atoms with E-state index in [1.54, 1.807) is 24.7 Å². The number of aromatic nitrogens is 2. The first kappa shape index (κ1) is 20.7. The van der Waals surface area contributed by atoms with Crippen LogP contribution in [0.1, 0.15) is 18.4 Å². The molecule has 1 amide bonds. The molecule has 2 heterocycles. The van der Waals surface area contributed by atoms with Gasteiger partial charge in [-0.3, -0.25) is 9.78 Å². The van der Waals surface area contributed by atoms with Crippen LogP contribution in [0.25, 0.3) is 0 Å².